The van der Waals surface area contributed by atoms with Gasteiger partial charge in [-0.15, -0.1) is 11.3 Å². The molecule has 1 unspecified atom stereocenters. The number of thiophene rings is 1. The third-order valence-corrected chi connectivity index (χ3v) is 4.68. The summed E-state index contributed by atoms with van der Waals surface area (Å²) in [5.41, 5.74) is 0. The first-order valence-corrected chi connectivity index (χ1v) is 6.32. The molecule has 0 aliphatic carbocycles. The van der Waals surface area contributed by atoms with E-state index in [0.29, 0.717) is 4.88 Å². The number of hydrogen-bond donors (Lipinski definition) is 2. The summed E-state index contributed by atoms with van der Waals surface area (Å²) in [4.78, 5) is 12.1. The molecule has 3 nitrogen and oxygen atoms in total. The monoisotopic (exact) mass is 341 g/mol. The summed E-state index contributed by atoms with van der Waals surface area (Å²) in [5, 5.41) is 11.6. The van der Waals surface area contributed by atoms with Crippen molar-refractivity contribution in [1.82, 2.24) is 5.32 Å². The van der Waals surface area contributed by atoms with Crippen molar-refractivity contribution in [3.63, 3.8) is 0 Å². The SMILES string of the molecule is CC(O)CNC(=O)c1cc(Br)c(Br)s1. The number of rotatable bonds is 3. The lowest BCUT2D eigenvalue weighted by molar-refractivity contribution is 0.0928. The third kappa shape index (κ3) is 3.34. The van der Waals surface area contributed by atoms with E-state index in [-0.39, 0.29) is 12.5 Å². The summed E-state index contributed by atoms with van der Waals surface area (Å²) in [6, 6.07) is 1.74. The minimum atomic E-state index is -0.522. The van der Waals surface area contributed by atoms with Crippen LogP contribution in [0.4, 0.5) is 0 Å². The fraction of sp³-hybridized carbons (Fsp3) is 0.375. The van der Waals surface area contributed by atoms with Gasteiger partial charge in [0.2, 0.25) is 0 Å². The molecule has 1 amide bonds. The van der Waals surface area contributed by atoms with Gasteiger partial charge >= 0.3 is 0 Å². The maximum absolute atomic E-state index is 11.5. The Morgan fingerprint density at radius 3 is 2.79 bits per heavy atom. The van der Waals surface area contributed by atoms with Gasteiger partial charge in [0.15, 0.2) is 0 Å². The second kappa shape index (κ2) is 5.25. The van der Waals surface area contributed by atoms with Crippen molar-refractivity contribution in [2.24, 2.45) is 0 Å². The molecule has 78 valence electrons. The Hall–Kier alpha value is 0.0900. The molecule has 0 bridgehead atoms. The van der Waals surface area contributed by atoms with E-state index in [2.05, 4.69) is 37.2 Å². The first kappa shape index (κ1) is 12.2. The third-order valence-electron chi connectivity index (χ3n) is 1.43. The van der Waals surface area contributed by atoms with Crippen molar-refractivity contribution < 1.29 is 9.90 Å². The lowest BCUT2D eigenvalue weighted by atomic mass is 10.4. The molecule has 0 spiro atoms. The van der Waals surface area contributed by atoms with Crippen LogP contribution in [0, 0.1) is 0 Å². The molecule has 0 aliphatic rings. The van der Waals surface area contributed by atoms with Crippen molar-refractivity contribution in [2.75, 3.05) is 6.54 Å². The molecule has 0 radical (unpaired) electrons. The molecule has 1 aromatic rings. The van der Waals surface area contributed by atoms with Gasteiger partial charge in [-0.3, -0.25) is 4.79 Å². The summed E-state index contributed by atoms with van der Waals surface area (Å²) < 4.78 is 1.75. The zero-order valence-electron chi connectivity index (χ0n) is 7.38. The predicted molar refractivity (Wildman–Crippen MR) is 63.7 cm³/mol. The number of carbonyl (C=O) groups is 1. The molecular formula is C8H9Br2NO2S. The molecule has 6 heteroatoms. The topological polar surface area (TPSA) is 49.3 Å². The van der Waals surface area contributed by atoms with Gasteiger partial charge in [0.1, 0.15) is 0 Å². The van der Waals surface area contributed by atoms with Crippen molar-refractivity contribution >= 4 is 49.1 Å². The minimum Gasteiger partial charge on any atom is -0.392 e. The number of halogens is 2. The van der Waals surface area contributed by atoms with Crippen LogP contribution in [0.5, 0.6) is 0 Å². The lowest BCUT2D eigenvalue weighted by Gasteiger charge is -2.04. The Labute approximate surface area is 103 Å². The highest BCUT2D eigenvalue weighted by molar-refractivity contribution is 9.13. The molecule has 1 atom stereocenters. The van der Waals surface area contributed by atoms with Crippen LogP contribution in [-0.4, -0.2) is 23.7 Å². The normalized spacial score (nSPS) is 12.6. The molecule has 1 heterocycles. The van der Waals surface area contributed by atoms with Crippen LogP contribution in [0.15, 0.2) is 14.3 Å². The van der Waals surface area contributed by atoms with Crippen LogP contribution in [0.3, 0.4) is 0 Å². The van der Waals surface area contributed by atoms with Crippen molar-refractivity contribution in [2.45, 2.75) is 13.0 Å². The fourth-order valence-corrected chi connectivity index (χ4v) is 2.74. The number of aliphatic hydroxyl groups is 1. The number of carbonyl (C=O) groups excluding carboxylic acids is 1. The smallest absolute Gasteiger partial charge is 0.261 e. The van der Waals surface area contributed by atoms with E-state index >= 15 is 0 Å². The van der Waals surface area contributed by atoms with Gasteiger partial charge in [0.25, 0.3) is 5.91 Å². The fourth-order valence-electron chi connectivity index (χ4n) is 0.786. The molecule has 0 fully saturated rings. The zero-order chi connectivity index (χ0) is 10.7. The average Bonchev–Trinajstić information content (AvgIpc) is 2.43. The Balaban J connectivity index is 2.61. The Kier molecular flexibility index (Phi) is 4.56. The van der Waals surface area contributed by atoms with Gasteiger partial charge in [-0.1, -0.05) is 0 Å². The Bertz CT molecular complexity index is 319. The van der Waals surface area contributed by atoms with Gasteiger partial charge in [0, 0.05) is 11.0 Å². The molecule has 0 aliphatic heterocycles. The van der Waals surface area contributed by atoms with Crippen molar-refractivity contribution in [3.8, 4) is 0 Å². The average molecular weight is 343 g/mol. The highest BCUT2D eigenvalue weighted by atomic mass is 79.9. The van der Waals surface area contributed by atoms with E-state index in [1.54, 1.807) is 13.0 Å². The molecule has 14 heavy (non-hydrogen) atoms. The first-order chi connectivity index (χ1) is 6.50. The summed E-state index contributed by atoms with van der Waals surface area (Å²) in [7, 11) is 0. The number of amides is 1. The second-order valence-corrected chi connectivity index (χ2v) is 6.02. The van der Waals surface area contributed by atoms with Crippen molar-refractivity contribution in [1.29, 1.82) is 0 Å². The lowest BCUT2D eigenvalue weighted by Crippen LogP contribution is -2.29. The van der Waals surface area contributed by atoms with E-state index in [9.17, 15) is 4.79 Å². The van der Waals surface area contributed by atoms with E-state index in [1.165, 1.54) is 11.3 Å². The summed E-state index contributed by atoms with van der Waals surface area (Å²) in [6.07, 6.45) is -0.522. The van der Waals surface area contributed by atoms with Crippen LogP contribution in [-0.2, 0) is 0 Å². The molecule has 1 rings (SSSR count). The molecule has 2 N–H and O–H groups in total. The molecule has 0 aromatic carbocycles. The second-order valence-electron chi connectivity index (χ2n) is 2.79. The van der Waals surface area contributed by atoms with Gasteiger partial charge in [-0.05, 0) is 44.8 Å². The first-order valence-electron chi connectivity index (χ1n) is 3.92. The van der Waals surface area contributed by atoms with Crippen molar-refractivity contribution in [3.05, 3.63) is 19.2 Å². The van der Waals surface area contributed by atoms with Gasteiger partial charge < -0.3 is 10.4 Å². The highest BCUT2D eigenvalue weighted by Gasteiger charge is 2.11. The largest absolute Gasteiger partial charge is 0.392 e. The quantitative estimate of drug-likeness (QED) is 0.886. The van der Waals surface area contributed by atoms with Gasteiger partial charge in [0.05, 0.1) is 14.8 Å². The molecule has 0 saturated heterocycles. The number of nitrogens with one attached hydrogen (secondary N) is 1. The van der Waals surface area contributed by atoms with E-state index in [4.69, 9.17) is 5.11 Å². The highest BCUT2D eigenvalue weighted by Crippen LogP contribution is 2.32. The van der Waals surface area contributed by atoms with Crippen LogP contribution in [0.25, 0.3) is 0 Å². The standard InChI is InChI=1S/C8H9Br2NO2S/c1-4(12)3-11-8(13)6-2-5(9)7(10)14-6/h2,4,12H,3H2,1H3,(H,11,13). The van der Waals surface area contributed by atoms with Crippen LogP contribution < -0.4 is 5.32 Å². The predicted octanol–water partition coefficient (Wildman–Crippen LogP) is 2.38. The number of aliphatic hydroxyl groups excluding tert-OH is 1. The molecule has 0 saturated carbocycles. The van der Waals surface area contributed by atoms with Crippen LogP contribution in [0.2, 0.25) is 0 Å². The van der Waals surface area contributed by atoms with E-state index in [1.807, 2.05) is 0 Å². The molecular weight excluding hydrogens is 334 g/mol. The van der Waals surface area contributed by atoms with E-state index < -0.39 is 6.10 Å². The van der Waals surface area contributed by atoms with Crippen LogP contribution in [0.1, 0.15) is 16.6 Å². The van der Waals surface area contributed by atoms with E-state index in [0.717, 1.165) is 8.26 Å². The van der Waals surface area contributed by atoms with Gasteiger partial charge in [-0.2, -0.15) is 0 Å². The molecule has 1 aromatic heterocycles. The Morgan fingerprint density at radius 2 is 2.36 bits per heavy atom. The number of hydrogen-bond acceptors (Lipinski definition) is 3. The Morgan fingerprint density at radius 1 is 1.71 bits per heavy atom. The summed E-state index contributed by atoms with van der Waals surface area (Å²) in [6.45, 7) is 1.90. The maximum atomic E-state index is 11.5. The maximum Gasteiger partial charge on any atom is 0.261 e. The van der Waals surface area contributed by atoms with Crippen LogP contribution >= 0.6 is 43.2 Å². The van der Waals surface area contributed by atoms with Gasteiger partial charge in [-0.25, -0.2) is 0 Å². The minimum absolute atomic E-state index is 0.165. The zero-order valence-corrected chi connectivity index (χ0v) is 11.4. The summed E-state index contributed by atoms with van der Waals surface area (Å²) in [5.74, 6) is -0.165. The summed E-state index contributed by atoms with van der Waals surface area (Å²) >= 11 is 7.96.